The van der Waals surface area contributed by atoms with Gasteiger partial charge in [0.2, 0.25) is 0 Å². The van der Waals surface area contributed by atoms with E-state index in [2.05, 4.69) is 25.8 Å². The van der Waals surface area contributed by atoms with Crippen molar-refractivity contribution in [2.24, 2.45) is 0 Å². The summed E-state index contributed by atoms with van der Waals surface area (Å²) in [7, 11) is 0. The van der Waals surface area contributed by atoms with Crippen molar-refractivity contribution in [1.29, 1.82) is 5.26 Å². The number of allylic oxidation sites excluding steroid dienone is 1. The van der Waals surface area contributed by atoms with Gasteiger partial charge in [-0.05, 0) is 36.6 Å². The zero-order chi connectivity index (χ0) is 19.1. The number of nitrogens with one attached hydrogen (secondary N) is 3. The lowest BCUT2D eigenvalue weighted by Crippen LogP contribution is -2.24. The number of hydrogen-bond acceptors (Lipinski definition) is 5. The van der Waals surface area contributed by atoms with E-state index >= 15 is 0 Å². The van der Waals surface area contributed by atoms with Gasteiger partial charge in [0, 0.05) is 24.7 Å². The Balaban J connectivity index is 1.68. The second-order valence-corrected chi connectivity index (χ2v) is 5.91. The van der Waals surface area contributed by atoms with E-state index < -0.39 is 5.91 Å². The molecule has 3 aromatic rings. The Hall–Kier alpha value is -3.66. The molecule has 136 valence electrons. The van der Waals surface area contributed by atoms with Gasteiger partial charge < -0.3 is 10.6 Å². The van der Waals surface area contributed by atoms with Crippen LogP contribution in [-0.4, -0.2) is 27.6 Å². The number of nitriles is 1. The number of fused-ring (bicyclic) bond motifs is 1. The van der Waals surface area contributed by atoms with Gasteiger partial charge in [-0.25, -0.2) is 4.98 Å². The van der Waals surface area contributed by atoms with Crippen molar-refractivity contribution in [1.82, 2.24) is 20.5 Å². The van der Waals surface area contributed by atoms with Crippen LogP contribution in [-0.2, 0) is 17.8 Å². The fourth-order valence-electron chi connectivity index (χ4n) is 2.79. The van der Waals surface area contributed by atoms with E-state index in [9.17, 15) is 10.1 Å². The maximum absolute atomic E-state index is 12.4. The SMILES string of the molecule is CCNc1ncccc1C/C=C(\C#N)C(=O)NCc1cccc2[nH]ncc12. The molecule has 0 bridgehead atoms. The largest absolute Gasteiger partial charge is 0.370 e. The number of H-pyrrole nitrogens is 1. The zero-order valence-electron chi connectivity index (χ0n) is 15.0. The second kappa shape index (κ2) is 8.63. The Morgan fingerprint density at radius 1 is 1.30 bits per heavy atom. The quantitative estimate of drug-likeness (QED) is 0.444. The molecule has 2 aromatic heterocycles. The second-order valence-electron chi connectivity index (χ2n) is 5.91. The molecule has 0 fully saturated rings. The van der Waals surface area contributed by atoms with Crippen molar-refractivity contribution < 1.29 is 4.79 Å². The number of nitrogens with zero attached hydrogens (tertiary/aromatic N) is 3. The summed E-state index contributed by atoms with van der Waals surface area (Å²) in [6.45, 7) is 3.06. The zero-order valence-corrected chi connectivity index (χ0v) is 15.0. The number of benzene rings is 1. The fraction of sp³-hybridized carbons (Fsp3) is 0.200. The van der Waals surface area contributed by atoms with Crippen LogP contribution in [0.15, 0.2) is 54.4 Å². The molecule has 0 aliphatic carbocycles. The van der Waals surface area contributed by atoms with Crippen LogP contribution in [0.25, 0.3) is 10.9 Å². The first kappa shape index (κ1) is 18.1. The molecule has 0 spiro atoms. The van der Waals surface area contributed by atoms with Crippen LogP contribution in [0.5, 0.6) is 0 Å². The topological polar surface area (TPSA) is 106 Å². The molecule has 0 atom stereocenters. The molecule has 1 amide bonds. The van der Waals surface area contributed by atoms with E-state index in [1.54, 1.807) is 18.5 Å². The standard InChI is InChI=1S/C20H20N6O/c1-2-22-19-14(6-4-10-23-19)8-9-15(11-21)20(27)24-12-16-5-3-7-18-17(16)13-25-26-18/h3-7,9-10,13H,2,8,12H2,1H3,(H,22,23)(H,24,27)(H,25,26)/b15-9+. The third kappa shape index (κ3) is 4.30. The van der Waals surface area contributed by atoms with Gasteiger partial charge in [-0.3, -0.25) is 9.89 Å². The van der Waals surface area contributed by atoms with Crippen molar-refractivity contribution in [3.05, 3.63) is 65.5 Å². The summed E-state index contributed by atoms with van der Waals surface area (Å²) in [5, 5.41) is 23.2. The monoisotopic (exact) mass is 360 g/mol. The number of aromatic nitrogens is 3. The summed E-state index contributed by atoms with van der Waals surface area (Å²) in [6, 6.07) is 11.5. The summed E-state index contributed by atoms with van der Waals surface area (Å²) in [5.74, 6) is 0.368. The lowest BCUT2D eigenvalue weighted by atomic mass is 10.1. The molecule has 27 heavy (non-hydrogen) atoms. The first-order valence-corrected chi connectivity index (χ1v) is 8.70. The predicted molar refractivity (Wildman–Crippen MR) is 104 cm³/mol. The highest BCUT2D eigenvalue weighted by molar-refractivity contribution is 5.97. The summed E-state index contributed by atoms with van der Waals surface area (Å²) < 4.78 is 0. The summed E-state index contributed by atoms with van der Waals surface area (Å²) in [4.78, 5) is 16.7. The molecule has 0 aliphatic heterocycles. The number of rotatable bonds is 7. The lowest BCUT2D eigenvalue weighted by molar-refractivity contribution is -0.117. The van der Waals surface area contributed by atoms with Crippen molar-refractivity contribution >= 4 is 22.6 Å². The van der Waals surface area contributed by atoms with Crippen LogP contribution >= 0.6 is 0 Å². The van der Waals surface area contributed by atoms with E-state index in [-0.39, 0.29) is 5.57 Å². The van der Waals surface area contributed by atoms with E-state index in [0.717, 1.165) is 34.4 Å². The molecule has 0 saturated heterocycles. The van der Waals surface area contributed by atoms with Crippen molar-refractivity contribution in [2.75, 3.05) is 11.9 Å². The van der Waals surface area contributed by atoms with Gasteiger partial charge in [0.1, 0.15) is 17.5 Å². The normalized spacial score (nSPS) is 11.2. The maximum Gasteiger partial charge on any atom is 0.261 e. The molecule has 7 nitrogen and oxygen atoms in total. The van der Waals surface area contributed by atoms with Crippen LogP contribution in [0.1, 0.15) is 18.1 Å². The van der Waals surface area contributed by atoms with E-state index in [1.165, 1.54) is 0 Å². The van der Waals surface area contributed by atoms with Gasteiger partial charge in [-0.1, -0.05) is 24.3 Å². The number of carbonyl (C=O) groups excluding carboxylic acids is 1. The Labute approximate surface area is 157 Å². The van der Waals surface area contributed by atoms with Crippen LogP contribution in [0, 0.1) is 11.3 Å². The van der Waals surface area contributed by atoms with E-state index in [1.807, 2.05) is 43.3 Å². The molecule has 7 heteroatoms. The Bertz CT molecular complexity index is 1010. The maximum atomic E-state index is 12.4. The number of anilines is 1. The highest BCUT2D eigenvalue weighted by atomic mass is 16.1. The molecule has 1 aromatic carbocycles. The van der Waals surface area contributed by atoms with Crippen LogP contribution in [0.4, 0.5) is 5.82 Å². The minimum Gasteiger partial charge on any atom is -0.370 e. The summed E-state index contributed by atoms with van der Waals surface area (Å²) in [5.41, 5.74) is 2.86. The minimum atomic E-state index is -0.396. The number of amides is 1. The Morgan fingerprint density at radius 2 is 2.15 bits per heavy atom. The van der Waals surface area contributed by atoms with E-state index in [0.29, 0.717) is 13.0 Å². The van der Waals surface area contributed by atoms with Gasteiger partial charge in [0.25, 0.3) is 5.91 Å². The van der Waals surface area contributed by atoms with Crippen LogP contribution in [0.2, 0.25) is 0 Å². The first-order chi connectivity index (χ1) is 13.2. The molecule has 0 radical (unpaired) electrons. The molecule has 0 unspecified atom stereocenters. The van der Waals surface area contributed by atoms with Gasteiger partial charge in [-0.2, -0.15) is 10.4 Å². The molecule has 0 saturated carbocycles. The molecular weight excluding hydrogens is 340 g/mol. The molecule has 0 aliphatic rings. The average molecular weight is 360 g/mol. The number of carbonyl (C=O) groups is 1. The van der Waals surface area contributed by atoms with Gasteiger partial charge >= 0.3 is 0 Å². The summed E-state index contributed by atoms with van der Waals surface area (Å²) in [6.07, 6.45) is 5.51. The molecular formula is C20H20N6O. The minimum absolute atomic E-state index is 0.0840. The van der Waals surface area contributed by atoms with Crippen molar-refractivity contribution in [2.45, 2.75) is 19.9 Å². The number of hydrogen-bond donors (Lipinski definition) is 3. The third-order valence-electron chi connectivity index (χ3n) is 4.14. The molecule has 3 N–H and O–H groups in total. The van der Waals surface area contributed by atoms with Gasteiger partial charge in [0.15, 0.2) is 0 Å². The summed E-state index contributed by atoms with van der Waals surface area (Å²) >= 11 is 0. The van der Waals surface area contributed by atoms with Crippen LogP contribution < -0.4 is 10.6 Å². The molecule has 3 rings (SSSR count). The first-order valence-electron chi connectivity index (χ1n) is 8.70. The smallest absolute Gasteiger partial charge is 0.261 e. The van der Waals surface area contributed by atoms with Crippen molar-refractivity contribution in [3.8, 4) is 6.07 Å². The van der Waals surface area contributed by atoms with Crippen molar-refractivity contribution in [3.63, 3.8) is 0 Å². The molecule has 2 heterocycles. The Kier molecular flexibility index (Phi) is 5.80. The third-order valence-corrected chi connectivity index (χ3v) is 4.14. The van der Waals surface area contributed by atoms with Gasteiger partial charge in [0.05, 0.1) is 11.7 Å². The number of pyridine rings is 1. The highest BCUT2D eigenvalue weighted by Gasteiger charge is 2.11. The van der Waals surface area contributed by atoms with Gasteiger partial charge in [-0.15, -0.1) is 0 Å². The predicted octanol–water partition coefficient (Wildman–Crippen LogP) is 2.70. The average Bonchev–Trinajstić information content (AvgIpc) is 3.17. The van der Waals surface area contributed by atoms with E-state index in [4.69, 9.17) is 0 Å². The number of aromatic amines is 1. The van der Waals surface area contributed by atoms with Crippen LogP contribution in [0.3, 0.4) is 0 Å². The Morgan fingerprint density at radius 3 is 2.96 bits per heavy atom. The highest BCUT2D eigenvalue weighted by Crippen LogP contribution is 2.16. The lowest BCUT2D eigenvalue weighted by Gasteiger charge is -2.08. The fourth-order valence-corrected chi connectivity index (χ4v) is 2.79.